The molecule has 158 valence electrons. The SMILES string of the molecule is Cc1ccc2c(c1)cc(CN(Cc1ccc(Cl)cc1)C(=O)c1cccnc1)c1nnnn12. The van der Waals surface area contributed by atoms with E-state index in [2.05, 4.69) is 32.6 Å². The molecule has 0 aliphatic carbocycles. The van der Waals surface area contributed by atoms with Crippen molar-refractivity contribution in [2.24, 2.45) is 0 Å². The van der Waals surface area contributed by atoms with Gasteiger partial charge in [0.1, 0.15) is 0 Å². The van der Waals surface area contributed by atoms with Crippen molar-refractivity contribution in [1.29, 1.82) is 0 Å². The van der Waals surface area contributed by atoms with Gasteiger partial charge in [0.2, 0.25) is 0 Å². The van der Waals surface area contributed by atoms with Crippen LogP contribution in [0.25, 0.3) is 16.6 Å². The second-order valence-electron chi connectivity index (χ2n) is 7.68. The van der Waals surface area contributed by atoms with Gasteiger partial charge in [-0.25, -0.2) is 0 Å². The summed E-state index contributed by atoms with van der Waals surface area (Å²) in [5, 5.41) is 13.9. The van der Waals surface area contributed by atoms with Crippen LogP contribution in [0, 0.1) is 6.92 Å². The molecule has 7 nitrogen and oxygen atoms in total. The Labute approximate surface area is 189 Å². The van der Waals surface area contributed by atoms with E-state index in [1.54, 1.807) is 33.9 Å². The van der Waals surface area contributed by atoms with Gasteiger partial charge >= 0.3 is 0 Å². The lowest BCUT2D eigenvalue weighted by atomic mass is 10.1. The fraction of sp³-hybridized carbons (Fsp3) is 0.125. The van der Waals surface area contributed by atoms with Crippen LogP contribution in [0.2, 0.25) is 5.02 Å². The van der Waals surface area contributed by atoms with Crippen molar-refractivity contribution in [2.45, 2.75) is 20.0 Å². The third-order valence-corrected chi connectivity index (χ3v) is 5.59. The summed E-state index contributed by atoms with van der Waals surface area (Å²) in [6.45, 7) is 2.79. The van der Waals surface area contributed by atoms with Crippen LogP contribution in [-0.4, -0.2) is 35.8 Å². The zero-order chi connectivity index (χ0) is 22.1. The first-order valence-corrected chi connectivity index (χ1v) is 10.5. The molecule has 5 aromatic rings. The molecule has 3 aromatic heterocycles. The highest BCUT2D eigenvalue weighted by molar-refractivity contribution is 6.30. The number of benzene rings is 2. The van der Waals surface area contributed by atoms with E-state index in [9.17, 15) is 4.79 Å². The quantitative estimate of drug-likeness (QED) is 0.401. The molecule has 0 saturated carbocycles. The number of carbonyl (C=O) groups is 1. The van der Waals surface area contributed by atoms with Gasteiger partial charge in [-0.1, -0.05) is 35.4 Å². The molecule has 0 fully saturated rings. The molecular formula is C24H19ClN6O. The van der Waals surface area contributed by atoms with Crippen LogP contribution in [0.5, 0.6) is 0 Å². The number of tetrazole rings is 1. The van der Waals surface area contributed by atoms with E-state index in [0.29, 0.717) is 29.3 Å². The van der Waals surface area contributed by atoms with Crippen LogP contribution in [0.3, 0.4) is 0 Å². The Morgan fingerprint density at radius 2 is 1.91 bits per heavy atom. The fourth-order valence-corrected chi connectivity index (χ4v) is 3.91. The molecule has 0 unspecified atom stereocenters. The van der Waals surface area contributed by atoms with Crippen molar-refractivity contribution in [3.63, 3.8) is 0 Å². The van der Waals surface area contributed by atoms with Crippen molar-refractivity contribution >= 4 is 34.1 Å². The lowest BCUT2D eigenvalue weighted by Crippen LogP contribution is -2.30. The second kappa shape index (κ2) is 8.36. The average molecular weight is 443 g/mol. The van der Waals surface area contributed by atoms with E-state index in [-0.39, 0.29) is 5.91 Å². The first kappa shape index (κ1) is 20.1. The lowest BCUT2D eigenvalue weighted by Gasteiger charge is -2.23. The molecule has 1 amide bonds. The van der Waals surface area contributed by atoms with Gasteiger partial charge in [-0.15, -0.1) is 5.10 Å². The zero-order valence-electron chi connectivity index (χ0n) is 17.3. The minimum absolute atomic E-state index is 0.122. The molecule has 0 aliphatic rings. The number of nitrogens with zero attached hydrogens (tertiary/aromatic N) is 6. The van der Waals surface area contributed by atoms with E-state index in [1.165, 1.54) is 0 Å². The van der Waals surface area contributed by atoms with E-state index >= 15 is 0 Å². The smallest absolute Gasteiger partial charge is 0.256 e. The minimum Gasteiger partial charge on any atom is -0.330 e. The molecular weight excluding hydrogens is 424 g/mol. The number of aryl methyl sites for hydroxylation is 1. The number of halogens is 1. The van der Waals surface area contributed by atoms with Gasteiger partial charge in [0.15, 0.2) is 5.65 Å². The Hall–Kier alpha value is -3.84. The van der Waals surface area contributed by atoms with Gasteiger partial charge in [-0.3, -0.25) is 9.78 Å². The molecule has 0 N–H and O–H groups in total. The molecule has 0 radical (unpaired) electrons. The highest BCUT2D eigenvalue weighted by Crippen LogP contribution is 2.23. The predicted molar refractivity (Wildman–Crippen MR) is 122 cm³/mol. The number of fused-ring (bicyclic) bond motifs is 3. The minimum atomic E-state index is -0.122. The second-order valence-corrected chi connectivity index (χ2v) is 8.11. The van der Waals surface area contributed by atoms with Crippen molar-refractivity contribution in [1.82, 2.24) is 29.9 Å². The Morgan fingerprint density at radius 1 is 1.06 bits per heavy atom. The standard InChI is InChI=1S/C24H19ClN6O/c1-16-4-9-22-19(11-16)12-20(23-27-28-29-31(22)23)15-30(14-17-5-7-21(25)8-6-17)24(32)18-3-2-10-26-13-18/h2-13H,14-15H2,1H3. The third kappa shape index (κ3) is 3.90. The van der Waals surface area contributed by atoms with Gasteiger partial charge in [0.25, 0.3) is 5.91 Å². The molecule has 5 rings (SSSR count). The van der Waals surface area contributed by atoms with E-state index in [4.69, 9.17) is 11.6 Å². The van der Waals surface area contributed by atoms with Crippen molar-refractivity contribution in [3.05, 3.63) is 100 Å². The zero-order valence-corrected chi connectivity index (χ0v) is 18.1. The molecule has 3 heterocycles. The van der Waals surface area contributed by atoms with Gasteiger partial charge in [0, 0.05) is 34.9 Å². The van der Waals surface area contributed by atoms with Crippen LogP contribution in [0.1, 0.15) is 27.0 Å². The highest BCUT2D eigenvalue weighted by atomic mass is 35.5. The lowest BCUT2D eigenvalue weighted by molar-refractivity contribution is 0.0730. The van der Waals surface area contributed by atoms with Crippen LogP contribution in [0.4, 0.5) is 0 Å². The maximum atomic E-state index is 13.4. The Balaban J connectivity index is 1.58. The number of aromatic nitrogens is 5. The largest absolute Gasteiger partial charge is 0.330 e. The fourth-order valence-electron chi connectivity index (χ4n) is 3.79. The van der Waals surface area contributed by atoms with E-state index in [0.717, 1.165) is 27.6 Å². The Kier molecular flexibility index (Phi) is 5.25. The number of rotatable bonds is 5. The normalized spacial score (nSPS) is 11.2. The first-order valence-electron chi connectivity index (χ1n) is 10.1. The molecule has 0 aliphatic heterocycles. The summed E-state index contributed by atoms with van der Waals surface area (Å²) in [6, 6.07) is 19.2. The molecule has 0 saturated heterocycles. The predicted octanol–water partition coefficient (Wildman–Crippen LogP) is 4.48. The number of hydrogen-bond acceptors (Lipinski definition) is 5. The van der Waals surface area contributed by atoms with Crippen molar-refractivity contribution in [3.8, 4) is 0 Å². The number of hydrogen-bond donors (Lipinski definition) is 0. The summed E-state index contributed by atoms with van der Waals surface area (Å²) >= 11 is 6.04. The van der Waals surface area contributed by atoms with Gasteiger partial charge in [-0.2, -0.15) is 4.52 Å². The third-order valence-electron chi connectivity index (χ3n) is 5.34. The summed E-state index contributed by atoms with van der Waals surface area (Å²) in [5.41, 5.74) is 5.04. The van der Waals surface area contributed by atoms with Crippen LogP contribution in [-0.2, 0) is 13.1 Å². The summed E-state index contributed by atoms with van der Waals surface area (Å²) in [6.07, 6.45) is 3.23. The number of pyridine rings is 2. The summed E-state index contributed by atoms with van der Waals surface area (Å²) in [7, 11) is 0. The summed E-state index contributed by atoms with van der Waals surface area (Å²) < 4.78 is 1.72. The molecule has 2 aromatic carbocycles. The summed E-state index contributed by atoms with van der Waals surface area (Å²) in [4.78, 5) is 19.3. The molecule has 0 bridgehead atoms. The molecule has 0 spiro atoms. The number of amides is 1. The van der Waals surface area contributed by atoms with Gasteiger partial charge in [0.05, 0.1) is 17.6 Å². The van der Waals surface area contributed by atoms with E-state index in [1.807, 2.05) is 43.3 Å². The Morgan fingerprint density at radius 3 is 2.69 bits per heavy atom. The highest BCUT2D eigenvalue weighted by Gasteiger charge is 2.20. The monoisotopic (exact) mass is 442 g/mol. The van der Waals surface area contributed by atoms with Crippen molar-refractivity contribution < 1.29 is 4.79 Å². The van der Waals surface area contributed by atoms with Crippen LogP contribution >= 0.6 is 11.6 Å². The van der Waals surface area contributed by atoms with Crippen molar-refractivity contribution in [2.75, 3.05) is 0 Å². The molecule has 8 heteroatoms. The Bertz CT molecular complexity index is 1420. The van der Waals surface area contributed by atoms with Gasteiger partial charge in [-0.05, 0) is 65.4 Å². The molecule has 32 heavy (non-hydrogen) atoms. The number of carbonyl (C=O) groups excluding carboxylic acids is 1. The molecule has 0 atom stereocenters. The van der Waals surface area contributed by atoms with Gasteiger partial charge < -0.3 is 4.90 Å². The summed E-state index contributed by atoms with van der Waals surface area (Å²) in [5.74, 6) is -0.122. The maximum Gasteiger partial charge on any atom is 0.256 e. The van der Waals surface area contributed by atoms with Crippen LogP contribution < -0.4 is 0 Å². The van der Waals surface area contributed by atoms with E-state index < -0.39 is 0 Å². The average Bonchev–Trinajstić information content (AvgIpc) is 3.30. The first-order chi connectivity index (χ1) is 15.6. The van der Waals surface area contributed by atoms with Crippen LogP contribution in [0.15, 0.2) is 73.1 Å². The topological polar surface area (TPSA) is 76.3 Å². The maximum absolute atomic E-state index is 13.4.